The van der Waals surface area contributed by atoms with Crippen molar-refractivity contribution < 1.29 is 4.74 Å². The van der Waals surface area contributed by atoms with Gasteiger partial charge in [-0.05, 0) is 18.8 Å². The van der Waals surface area contributed by atoms with Crippen LogP contribution in [-0.2, 0) is 11.2 Å². The molecule has 0 spiro atoms. The summed E-state index contributed by atoms with van der Waals surface area (Å²) in [5.41, 5.74) is 0.611. The number of aromatic nitrogens is 4. The van der Waals surface area contributed by atoms with Gasteiger partial charge in [-0.15, -0.1) is 0 Å². The average molecular weight is 276 g/mol. The molecule has 3 rings (SSSR count). The van der Waals surface area contributed by atoms with Gasteiger partial charge in [0.25, 0.3) is 5.56 Å². The van der Waals surface area contributed by atoms with Crippen molar-refractivity contribution in [1.29, 1.82) is 0 Å². The summed E-state index contributed by atoms with van der Waals surface area (Å²) < 4.78 is 7.28. The van der Waals surface area contributed by atoms with Gasteiger partial charge in [-0.3, -0.25) is 4.79 Å². The zero-order valence-electron chi connectivity index (χ0n) is 11.9. The minimum Gasteiger partial charge on any atom is -0.381 e. The van der Waals surface area contributed by atoms with E-state index in [9.17, 15) is 4.79 Å². The van der Waals surface area contributed by atoms with Gasteiger partial charge in [0.05, 0.1) is 12.2 Å². The summed E-state index contributed by atoms with van der Waals surface area (Å²) in [4.78, 5) is 19.6. The maximum absolute atomic E-state index is 12.1. The second-order valence-electron chi connectivity index (χ2n) is 5.78. The largest absolute Gasteiger partial charge is 0.381 e. The van der Waals surface area contributed by atoms with E-state index in [1.54, 1.807) is 6.20 Å². The average Bonchev–Trinajstić information content (AvgIpc) is 2.83. The van der Waals surface area contributed by atoms with Gasteiger partial charge >= 0.3 is 0 Å². The van der Waals surface area contributed by atoms with E-state index in [1.807, 2.05) is 4.68 Å². The number of hydrogen-bond acceptors (Lipinski definition) is 4. The fourth-order valence-electron chi connectivity index (χ4n) is 2.66. The first-order valence-electron chi connectivity index (χ1n) is 7.19. The maximum Gasteiger partial charge on any atom is 0.262 e. The summed E-state index contributed by atoms with van der Waals surface area (Å²) in [7, 11) is 0. The normalized spacial score (nSPS) is 17.1. The molecular weight excluding hydrogens is 256 g/mol. The first-order chi connectivity index (χ1) is 9.65. The third kappa shape index (κ3) is 2.47. The number of H-pyrrole nitrogens is 1. The van der Waals surface area contributed by atoms with Crippen molar-refractivity contribution in [2.24, 2.45) is 5.92 Å². The fraction of sp³-hybridized carbons (Fsp3) is 0.643. The molecule has 1 saturated heterocycles. The van der Waals surface area contributed by atoms with Crippen LogP contribution in [0.4, 0.5) is 0 Å². The summed E-state index contributed by atoms with van der Waals surface area (Å²) in [6.07, 6.45) is 4.23. The lowest BCUT2D eigenvalue weighted by molar-refractivity contribution is 0.0673. The number of fused-ring (bicyclic) bond motifs is 1. The third-order valence-corrected chi connectivity index (χ3v) is 3.65. The number of hydrogen-bond donors (Lipinski definition) is 1. The molecule has 0 amide bonds. The SMILES string of the molecule is CC(C)Cc1nc2c(cnn2C2CCOCC2)c(=O)[nH]1. The Kier molecular flexibility index (Phi) is 3.56. The predicted octanol–water partition coefficient (Wildman–Crippen LogP) is 1.67. The summed E-state index contributed by atoms with van der Waals surface area (Å²) in [6.45, 7) is 5.71. The minimum atomic E-state index is -0.0936. The van der Waals surface area contributed by atoms with Crippen molar-refractivity contribution in [2.75, 3.05) is 13.2 Å². The smallest absolute Gasteiger partial charge is 0.262 e. The molecule has 1 aliphatic heterocycles. The molecule has 2 aromatic heterocycles. The Morgan fingerprint density at radius 1 is 1.45 bits per heavy atom. The van der Waals surface area contributed by atoms with Crippen molar-refractivity contribution in [3.8, 4) is 0 Å². The monoisotopic (exact) mass is 276 g/mol. The molecule has 6 nitrogen and oxygen atoms in total. The molecule has 0 aromatic carbocycles. The Labute approximate surface area is 117 Å². The third-order valence-electron chi connectivity index (χ3n) is 3.65. The highest BCUT2D eigenvalue weighted by molar-refractivity contribution is 5.73. The molecule has 1 N–H and O–H groups in total. The van der Waals surface area contributed by atoms with Crippen LogP contribution in [0.5, 0.6) is 0 Å². The van der Waals surface area contributed by atoms with Crippen molar-refractivity contribution in [3.63, 3.8) is 0 Å². The molecule has 0 bridgehead atoms. The number of rotatable bonds is 3. The van der Waals surface area contributed by atoms with Crippen molar-refractivity contribution in [1.82, 2.24) is 19.7 Å². The van der Waals surface area contributed by atoms with Crippen LogP contribution in [0.2, 0.25) is 0 Å². The predicted molar refractivity (Wildman–Crippen MR) is 75.8 cm³/mol. The maximum atomic E-state index is 12.1. The minimum absolute atomic E-state index is 0.0936. The quantitative estimate of drug-likeness (QED) is 0.925. The molecule has 0 atom stereocenters. The lowest BCUT2D eigenvalue weighted by Crippen LogP contribution is -2.21. The van der Waals surface area contributed by atoms with Crippen LogP contribution in [-0.4, -0.2) is 33.0 Å². The second kappa shape index (κ2) is 5.36. The van der Waals surface area contributed by atoms with Crippen LogP contribution in [0, 0.1) is 5.92 Å². The van der Waals surface area contributed by atoms with Gasteiger partial charge in [-0.1, -0.05) is 13.8 Å². The second-order valence-corrected chi connectivity index (χ2v) is 5.78. The van der Waals surface area contributed by atoms with Crippen molar-refractivity contribution in [3.05, 3.63) is 22.4 Å². The fourth-order valence-corrected chi connectivity index (χ4v) is 2.66. The highest BCUT2D eigenvalue weighted by Gasteiger charge is 2.20. The van der Waals surface area contributed by atoms with Crippen LogP contribution in [0.1, 0.15) is 38.6 Å². The molecule has 6 heteroatoms. The standard InChI is InChI=1S/C14H20N4O2/c1-9(2)7-12-16-13-11(14(19)17-12)8-15-18(13)10-3-5-20-6-4-10/h8-10H,3-7H2,1-2H3,(H,16,17,19). The Morgan fingerprint density at radius 3 is 2.90 bits per heavy atom. The molecule has 1 aliphatic rings. The molecular formula is C14H20N4O2. The molecule has 0 aliphatic carbocycles. The lowest BCUT2D eigenvalue weighted by atomic mass is 10.1. The van der Waals surface area contributed by atoms with Crippen LogP contribution in [0.3, 0.4) is 0 Å². The Hall–Kier alpha value is -1.69. The van der Waals surface area contributed by atoms with Gasteiger partial charge in [0, 0.05) is 19.6 Å². The summed E-state index contributed by atoms with van der Waals surface area (Å²) in [6, 6.07) is 0.280. The number of aromatic amines is 1. The molecule has 0 saturated carbocycles. The zero-order valence-corrected chi connectivity index (χ0v) is 11.9. The Balaban J connectivity index is 2.04. The summed E-state index contributed by atoms with van der Waals surface area (Å²) in [5.74, 6) is 1.20. The van der Waals surface area contributed by atoms with Crippen molar-refractivity contribution >= 4 is 11.0 Å². The van der Waals surface area contributed by atoms with Crippen molar-refractivity contribution in [2.45, 2.75) is 39.2 Å². The van der Waals surface area contributed by atoms with E-state index in [4.69, 9.17) is 4.74 Å². The highest BCUT2D eigenvalue weighted by Crippen LogP contribution is 2.23. The Morgan fingerprint density at radius 2 is 2.20 bits per heavy atom. The summed E-state index contributed by atoms with van der Waals surface area (Å²) >= 11 is 0. The molecule has 0 unspecified atom stereocenters. The van der Waals surface area contributed by atoms with Gasteiger partial charge in [-0.25, -0.2) is 9.67 Å². The number of ether oxygens (including phenoxy) is 1. The van der Waals surface area contributed by atoms with E-state index in [-0.39, 0.29) is 11.6 Å². The van der Waals surface area contributed by atoms with E-state index in [0.29, 0.717) is 17.0 Å². The van der Waals surface area contributed by atoms with E-state index in [0.717, 1.165) is 38.3 Å². The van der Waals surface area contributed by atoms with E-state index < -0.39 is 0 Å². The number of nitrogens with zero attached hydrogens (tertiary/aromatic N) is 3. The molecule has 2 aromatic rings. The van der Waals surface area contributed by atoms with Gasteiger partial charge in [0.15, 0.2) is 5.65 Å². The van der Waals surface area contributed by atoms with Gasteiger partial charge in [-0.2, -0.15) is 5.10 Å². The zero-order chi connectivity index (χ0) is 14.1. The molecule has 20 heavy (non-hydrogen) atoms. The summed E-state index contributed by atoms with van der Waals surface area (Å²) in [5, 5.41) is 4.95. The van der Waals surface area contributed by atoms with Gasteiger partial charge in [0.1, 0.15) is 11.2 Å². The Bertz CT molecular complexity index is 653. The van der Waals surface area contributed by atoms with Gasteiger partial charge in [0.2, 0.25) is 0 Å². The first kappa shape index (κ1) is 13.3. The number of nitrogens with one attached hydrogen (secondary N) is 1. The van der Waals surface area contributed by atoms with E-state index in [2.05, 4.69) is 28.9 Å². The molecule has 108 valence electrons. The van der Waals surface area contributed by atoms with Crippen LogP contribution in [0.25, 0.3) is 11.0 Å². The lowest BCUT2D eigenvalue weighted by Gasteiger charge is -2.22. The molecule has 1 fully saturated rings. The highest BCUT2D eigenvalue weighted by atomic mass is 16.5. The topological polar surface area (TPSA) is 72.8 Å². The van der Waals surface area contributed by atoms with E-state index in [1.165, 1.54) is 0 Å². The molecule has 3 heterocycles. The molecule has 0 radical (unpaired) electrons. The van der Waals surface area contributed by atoms with Gasteiger partial charge < -0.3 is 9.72 Å². The van der Waals surface area contributed by atoms with Crippen LogP contribution >= 0.6 is 0 Å². The van der Waals surface area contributed by atoms with E-state index >= 15 is 0 Å². The first-order valence-corrected chi connectivity index (χ1v) is 7.19. The van der Waals surface area contributed by atoms with Crippen LogP contribution in [0.15, 0.2) is 11.0 Å². The van der Waals surface area contributed by atoms with Crippen LogP contribution < -0.4 is 5.56 Å².